The van der Waals surface area contributed by atoms with E-state index in [0.29, 0.717) is 18.8 Å². The lowest BCUT2D eigenvalue weighted by Gasteiger charge is -2.35. The zero-order valence-corrected chi connectivity index (χ0v) is 18.0. The topological polar surface area (TPSA) is 191 Å². The fourth-order valence-electron chi connectivity index (χ4n) is 3.57. The van der Waals surface area contributed by atoms with Gasteiger partial charge in [-0.1, -0.05) is 6.92 Å². The predicted molar refractivity (Wildman–Crippen MR) is 115 cm³/mol. The molecule has 172 valence electrons. The van der Waals surface area contributed by atoms with E-state index in [1.165, 1.54) is 10.4 Å². The number of aromatic hydroxyl groups is 1. The van der Waals surface area contributed by atoms with Gasteiger partial charge in [0.1, 0.15) is 10.5 Å². The van der Waals surface area contributed by atoms with Crippen molar-refractivity contribution in [2.24, 2.45) is 11.0 Å². The summed E-state index contributed by atoms with van der Waals surface area (Å²) in [6.45, 7) is 4.08. The second-order valence-electron chi connectivity index (χ2n) is 7.57. The molecule has 1 aliphatic rings. The van der Waals surface area contributed by atoms with Crippen molar-refractivity contribution in [2.75, 3.05) is 12.0 Å². The normalized spacial score (nSPS) is 19.8. The lowest BCUT2D eigenvalue weighted by molar-refractivity contribution is -0.385. The van der Waals surface area contributed by atoms with Crippen molar-refractivity contribution >= 4 is 27.6 Å². The van der Waals surface area contributed by atoms with Gasteiger partial charge in [0, 0.05) is 24.7 Å². The zero-order chi connectivity index (χ0) is 23.6. The predicted octanol–water partition coefficient (Wildman–Crippen LogP) is 0.932. The van der Waals surface area contributed by atoms with E-state index in [1.54, 1.807) is 6.92 Å². The third-order valence-corrected chi connectivity index (χ3v) is 7.23. The van der Waals surface area contributed by atoms with E-state index < -0.39 is 37.8 Å². The molecular weight excluding hydrogens is 444 g/mol. The number of non-ortho nitro benzene ring substituents is 1. The first-order valence-electron chi connectivity index (χ1n) is 9.65. The number of anilines is 1. The Morgan fingerprint density at radius 2 is 2.03 bits per heavy atom. The summed E-state index contributed by atoms with van der Waals surface area (Å²) < 4.78 is 28.0. The molecule has 0 radical (unpaired) electrons. The monoisotopic (exact) mass is 466 g/mol. The number of aromatic amines is 2. The number of hydrazone groups is 1. The Balaban J connectivity index is 2.00. The van der Waals surface area contributed by atoms with Crippen LogP contribution in [0.4, 0.5) is 11.4 Å². The molecule has 32 heavy (non-hydrogen) atoms. The number of aromatic nitrogens is 2. The fourth-order valence-corrected chi connectivity index (χ4v) is 5.39. The van der Waals surface area contributed by atoms with Gasteiger partial charge in [0.05, 0.1) is 16.8 Å². The van der Waals surface area contributed by atoms with E-state index in [4.69, 9.17) is 0 Å². The van der Waals surface area contributed by atoms with Crippen molar-refractivity contribution in [3.05, 3.63) is 54.7 Å². The number of nitrogens with one attached hydrogen (secondary N) is 3. The lowest BCUT2D eigenvalue weighted by atomic mass is 9.95. The third kappa shape index (κ3) is 4.70. The van der Waals surface area contributed by atoms with Gasteiger partial charge < -0.3 is 5.11 Å². The minimum absolute atomic E-state index is 0.0574. The van der Waals surface area contributed by atoms with Crippen molar-refractivity contribution in [2.45, 2.75) is 37.6 Å². The van der Waals surface area contributed by atoms with Crippen LogP contribution in [-0.2, 0) is 10.0 Å². The van der Waals surface area contributed by atoms with Crippen molar-refractivity contribution in [1.29, 1.82) is 0 Å². The summed E-state index contributed by atoms with van der Waals surface area (Å²) in [5.74, 6) is -0.371. The summed E-state index contributed by atoms with van der Waals surface area (Å²) in [5.41, 5.74) is -0.214. The van der Waals surface area contributed by atoms with Crippen LogP contribution in [0, 0.1) is 16.0 Å². The van der Waals surface area contributed by atoms with Crippen molar-refractivity contribution in [3.63, 3.8) is 0 Å². The Morgan fingerprint density at radius 1 is 1.31 bits per heavy atom. The quantitative estimate of drug-likeness (QED) is 0.274. The number of nitro benzene ring substituents is 1. The number of H-pyrrole nitrogens is 2. The molecule has 1 aromatic heterocycles. The largest absolute Gasteiger partial charge is 0.494 e. The van der Waals surface area contributed by atoms with Gasteiger partial charge in [0.15, 0.2) is 0 Å². The lowest BCUT2D eigenvalue weighted by Crippen LogP contribution is -2.44. The molecule has 1 aromatic carbocycles. The van der Waals surface area contributed by atoms with Crippen LogP contribution in [0.25, 0.3) is 0 Å². The summed E-state index contributed by atoms with van der Waals surface area (Å²) in [6, 6.07) is 2.96. The first kappa shape index (κ1) is 23.1. The number of nitrogens with zero attached hydrogens (tertiary/aromatic N) is 3. The van der Waals surface area contributed by atoms with Crippen LogP contribution in [0.15, 0.2) is 37.8 Å². The van der Waals surface area contributed by atoms with Crippen LogP contribution in [0.3, 0.4) is 0 Å². The van der Waals surface area contributed by atoms with Gasteiger partial charge in [-0.05, 0) is 31.7 Å². The summed E-state index contributed by atoms with van der Waals surface area (Å²) in [4.78, 5) is 37.0. The van der Waals surface area contributed by atoms with E-state index in [0.717, 1.165) is 18.3 Å². The molecule has 1 saturated heterocycles. The highest BCUT2D eigenvalue weighted by molar-refractivity contribution is 7.89. The highest BCUT2D eigenvalue weighted by Crippen LogP contribution is 2.33. The molecule has 0 saturated carbocycles. The van der Waals surface area contributed by atoms with Crippen molar-refractivity contribution in [3.8, 4) is 5.88 Å². The number of rotatable bonds is 6. The van der Waals surface area contributed by atoms with Gasteiger partial charge in [-0.3, -0.25) is 30.3 Å². The molecule has 1 aliphatic heterocycles. The van der Waals surface area contributed by atoms with Crippen molar-refractivity contribution in [1.82, 2.24) is 14.3 Å². The van der Waals surface area contributed by atoms with Crippen molar-refractivity contribution < 1.29 is 18.4 Å². The Kier molecular flexibility index (Phi) is 6.45. The highest BCUT2D eigenvalue weighted by Gasteiger charge is 2.35. The van der Waals surface area contributed by atoms with Gasteiger partial charge in [0.2, 0.25) is 15.9 Å². The molecular formula is C18H22N6O7S. The van der Waals surface area contributed by atoms with E-state index in [1.807, 2.05) is 16.9 Å². The Morgan fingerprint density at radius 3 is 2.66 bits per heavy atom. The molecule has 0 spiro atoms. The molecule has 2 aromatic rings. The number of hydrogen-bond donors (Lipinski definition) is 4. The standard InChI is InChI=1S/C18H22N6O7S/c1-10-5-6-23(11(2)7-10)32(30,31)15-8-12(24(28)29)3-4-14(15)22-19-9-13-16(25)20-18(27)21-17(13)26/h3-4,8-11,22H,5-7H2,1-2H3,(H3,20,21,25,26,27)/t10-,11+/m1/s1. The first-order chi connectivity index (χ1) is 15.0. The summed E-state index contributed by atoms with van der Waals surface area (Å²) in [6.07, 6.45) is 2.20. The summed E-state index contributed by atoms with van der Waals surface area (Å²) in [5, 5.41) is 24.7. The molecule has 0 aliphatic carbocycles. The number of nitro groups is 1. The minimum atomic E-state index is -4.11. The van der Waals surface area contributed by atoms with Crippen LogP contribution in [0.5, 0.6) is 5.88 Å². The minimum Gasteiger partial charge on any atom is -0.494 e. The van der Waals surface area contributed by atoms with Crippen LogP contribution in [0.2, 0.25) is 0 Å². The zero-order valence-electron chi connectivity index (χ0n) is 17.2. The smallest absolute Gasteiger partial charge is 0.328 e. The molecule has 14 heteroatoms. The molecule has 13 nitrogen and oxygen atoms in total. The molecule has 1 fully saturated rings. The maximum Gasteiger partial charge on any atom is 0.328 e. The van der Waals surface area contributed by atoms with Gasteiger partial charge in [-0.15, -0.1) is 0 Å². The Hall–Kier alpha value is -3.52. The average Bonchev–Trinajstić information content (AvgIpc) is 2.69. The molecule has 2 heterocycles. The maximum atomic E-state index is 13.4. The third-order valence-electron chi connectivity index (χ3n) is 5.18. The Labute approximate surface area is 182 Å². The molecule has 2 atom stereocenters. The molecule has 3 rings (SSSR count). The second-order valence-corrected chi connectivity index (χ2v) is 9.43. The van der Waals surface area contributed by atoms with E-state index in [-0.39, 0.29) is 28.7 Å². The fraction of sp³-hybridized carbons (Fsp3) is 0.389. The summed E-state index contributed by atoms with van der Waals surface area (Å²) >= 11 is 0. The van der Waals surface area contributed by atoms with Gasteiger partial charge in [-0.25, -0.2) is 13.2 Å². The molecule has 4 N–H and O–H groups in total. The number of benzene rings is 1. The van der Waals surface area contributed by atoms with Crippen LogP contribution >= 0.6 is 0 Å². The molecule has 0 amide bonds. The molecule has 0 bridgehead atoms. The number of hydrogen-bond acceptors (Lipinski definition) is 9. The van der Waals surface area contributed by atoms with Crippen LogP contribution < -0.4 is 16.7 Å². The summed E-state index contributed by atoms with van der Waals surface area (Å²) in [7, 11) is -4.11. The van der Waals surface area contributed by atoms with Crippen LogP contribution in [0.1, 0.15) is 32.3 Å². The molecule has 0 unspecified atom stereocenters. The van der Waals surface area contributed by atoms with E-state index >= 15 is 0 Å². The van der Waals surface area contributed by atoms with E-state index in [9.17, 15) is 33.2 Å². The highest BCUT2D eigenvalue weighted by atomic mass is 32.2. The number of sulfonamides is 1. The Bertz CT molecular complexity index is 1280. The van der Waals surface area contributed by atoms with Gasteiger partial charge in [-0.2, -0.15) is 9.41 Å². The van der Waals surface area contributed by atoms with Crippen LogP contribution in [-0.4, -0.2) is 51.5 Å². The van der Waals surface area contributed by atoms with E-state index in [2.05, 4.69) is 10.5 Å². The maximum absolute atomic E-state index is 13.4. The van der Waals surface area contributed by atoms with Gasteiger partial charge >= 0.3 is 5.69 Å². The first-order valence-corrected chi connectivity index (χ1v) is 11.1. The average molecular weight is 466 g/mol. The number of piperidine rings is 1. The van der Waals surface area contributed by atoms with Gasteiger partial charge in [0.25, 0.3) is 11.2 Å². The SMILES string of the molecule is C[C@@H]1CCN(S(=O)(=O)c2cc([N+](=O)[O-])ccc2NN=Cc2c(O)[nH]c(=O)[nH]c2=O)[C@@H](C)C1. The second kappa shape index (κ2) is 8.92.